The Morgan fingerprint density at radius 3 is 2.70 bits per heavy atom. The van der Waals surface area contributed by atoms with Gasteiger partial charge in [0, 0.05) is 5.56 Å². The van der Waals surface area contributed by atoms with Crippen molar-refractivity contribution >= 4 is 35.0 Å². The summed E-state index contributed by atoms with van der Waals surface area (Å²) in [5.74, 6) is 0.112. The average molecular weight is 288 g/mol. The Labute approximate surface area is 119 Å². The third-order valence-corrected chi connectivity index (χ3v) is 3.17. The number of carbonyl (C=O) groups excluding carboxylic acids is 1. The van der Waals surface area contributed by atoms with Gasteiger partial charge in [0.1, 0.15) is 11.8 Å². The van der Waals surface area contributed by atoms with Gasteiger partial charge in [0.15, 0.2) is 10.8 Å². The third-order valence-electron chi connectivity index (χ3n) is 2.91. The number of nitrogens with two attached hydrogens (primary N) is 1. The van der Waals surface area contributed by atoms with Crippen LogP contribution in [0, 0.1) is 0 Å². The molecule has 0 amide bonds. The first-order valence-electron chi connectivity index (χ1n) is 5.85. The Hall–Kier alpha value is -2.47. The minimum atomic E-state index is 0.112. The van der Waals surface area contributed by atoms with Crippen molar-refractivity contribution in [3.05, 3.63) is 46.9 Å². The molecule has 0 aliphatic carbocycles. The van der Waals surface area contributed by atoms with Gasteiger partial charge >= 0.3 is 0 Å². The summed E-state index contributed by atoms with van der Waals surface area (Å²) in [7, 11) is 0. The van der Waals surface area contributed by atoms with Crippen LogP contribution in [0.15, 0.2) is 30.6 Å². The van der Waals surface area contributed by atoms with Crippen molar-refractivity contribution in [1.82, 2.24) is 19.5 Å². The second kappa shape index (κ2) is 4.90. The molecule has 0 aliphatic rings. The Bertz CT molecular complexity index is 781. The molecule has 0 atom stereocenters. The molecule has 0 spiro atoms. The second-order valence-electron chi connectivity index (χ2n) is 4.28. The molecule has 0 radical (unpaired) electrons. The van der Waals surface area contributed by atoms with Gasteiger partial charge in [-0.05, 0) is 5.56 Å². The summed E-state index contributed by atoms with van der Waals surface area (Å²) in [6, 6.07) is 7.28. The van der Waals surface area contributed by atoms with Crippen LogP contribution in [0.2, 0.25) is 5.15 Å². The minimum absolute atomic E-state index is 0.112. The number of nitrogens with zero attached hydrogens (tertiary/aromatic N) is 4. The molecule has 0 bridgehead atoms. The van der Waals surface area contributed by atoms with E-state index in [0.29, 0.717) is 23.3 Å². The molecule has 0 saturated carbocycles. The zero-order valence-electron chi connectivity index (χ0n) is 10.3. The second-order valence-corrected chi connectivity index (χ2v) is 4.63. The lowest BCUT2D eigenvalue weighted by Crippen LogP contribution is -2.02. The number of halogens is 1. The van der Waals surface area contributed by atoms with Crippen molar-refractivity contribution in [2.24, 2.45) is 0 Å². The van der Waals surface area contributed by atoms with Gasteiger partial charge in [0.2, 0.25) is 5.95 Å². The maximum Gasteiger partial charge on any atom is 0.223 e. The van der Waals surface area contributed by atoms with E-state index in [1.807, 2.05) is 16.7 Å². The van der Waals surface area contributed by atoms with Gasteiger partial charge in [0.05, 0.1) is 12.9 Å². The molecule has 20 heavy (non-hydrogen) atoms. The van der Waals surface area contributed by atoms with E-state index in [-0.39, 0.29) is 11.1 Å². The van der Waals surface area contributed by atoms with Crippen LogP contribution in [-0.4, -0.2) is 25.8 Å². The number of nitrogen functional groups attached to an aromatic ring is 1. The Morgan fingerprint density at radius 1 is 1.25 bits per heavy atom. The van der Waals surface area contributed by atoms with Crippen LogP contribution >= 0.6 is 11.6 Å². The quantitative estimate of drug-likeness (QED) is 0.587. The fourth-order valence-corrected chi connectivity index (χ4v) is 2.16. The number of aromatic nitrogens is 4. The molecular weight excluding hydrogens is 278 g/mol. The zero-order valence-corrected chi connectivity index (χ0v) is 11.1. The topological polar surface area (TPSA) is 86.7 Å². The van der Waals surface area contributed by atoms with Crippen molar-refractivity contribution in [3.63, 3.8) is 0 Å². The lowest BCUT2D eigenvalue weighted by molar-refractivity contribution is 0.112. The molecule has 2 aromatic heterocycles. The van der Waals surface area contributed by atoms with E-state index in [1.165, 1.54) is 0 Å². The van der Waals surface area contributed by atoms with E-state index >= 15 is 0 Å². The number of hydrogen-bond donors (Lipinski definition) is 1. The highest BCUT2D eigenvalue weighted by atomic mass is 35.5. The van der Waals surface area contributed by atoms with Gasteiger partial charge < -0.3 is 10.3 Å². The minimum Gasteiger partial charge on any atom is -0.368 e. The summed E-state index contributed by atoms with van der Waals surface area (Å²) in [5, 5.41) is 0.238. The predicted octanol–water partition coefficient (Wildman–Crippen LogP) is 1.92. The number of imidazole rings is 1. The van der Waals surface area contributed by atoms with Crippen LogP contribution in [0.4, 0.5) is 5.95 Å². The summed E-state index contributed by atoms with van der Waals surface area (Å²) in [6.45, 7) is 0.558. The van der Waals surface area contributed by atoms with Gasteiger partial charge in [-0.1, -0.05) is 35.9 Å². The monoisotopic (exact) mass is 287 g/mol. The number of anilines is 1. The van der Waals surface area contributed by atoms with Gasteiger partial charge in [0.25, 0.3) is 0 Å². The molecule has 100 valence electrons. The van der Waals surface area contributed by atoms with Crippen LogP contribution < -0.4 is 5.73 Å². The maximum atomic E-state index is 10.6. The molecule has 1 aromatic carbocycles. The van der Waals surface area contributed by atoms with Crippen molar-refractivity contribution in [2.75, 3.05) is 5.73 Å². The summed E-state index contributed by atoms with van der Waals surface area (Å²) >= 11 is 5.97. The van der Waals surface area contributed by atoms with E-state index in [4.69, 9.17) is 17.3 Å². The lowest BCUT2D eigenvalue weighted by Gasteiger charge is -2.04. The van der Waals surface area contributed by atoms with Crippen LogP contribution in [0.1, 0.15) is 15.9 Å². The molecule has 0 saturated heterocycles. The number of aldehydes is 1. The van der Waals surface area contributed by atoms with Crippen LogP contribution in [0.25, 0.3) is 11.2 Å². The van der Waals surface area contributed by atoms with Crippen molar-refractivity contribution in [3.8, 4) is 0 Å². The van der Waals surface area contributed by atoms with E-state index in [9.17, 15) is 4.79 Å². The van der Waals surface area contributed by atoms with Crippen molar-refractivity contribution < 1.29 is 4.79 Å². The highest BCUT2D eigenvalue weighted by Gasteiger charge is 2.10. The van der Waals surface area contributed by atoms with E-state index in [2.05, 4.69) is 15.0 Å². The molecule has 6 nitrogen and oxygen atoms in total. The zero-order chi connectivity index (χ0) is 14.1. The van der Waals surface area contributed by atoms with Crippen molar-refractivity contribution in [2.45, 2.75) is 6.54 Å². The number of rotatable bonds is 3. The molecule has 0 unspecified atom stereocenters. The molecule has 0 aliphatic heterocycles. The van der Waals surface area contributed by atoms with Gasteiger partial charge in [-0.3, -0.25) is 4.79 Å². The summed E-state index contributed by atoms with van der Waals surface area (Å²) in [4.78, 5) is 22.8. The molecule has 0 fully saturated rings. The smallest absolute Gasteiger partial charge is 0.223 e. The molecule has 3 rings (SSSR count). The summed E-state index contributed by atoms with van der Waals surface area (Å²) in [5.41, 5.74) is 8.36. The normalized spacial score (nSPS) is 10.8. The van der Waals surface area contributed by atoms with E-state index in [1.54, 1.807) is 18.5 Å². The Kier molecular flexibility index (Phi) is 3.08. The first-order valence-corrected chi connectivity index (χ1v) is 6.23. The summed E-state index contributed by atoms with van der Waals surface area (Å²) in [6.07, 6.45) is 2.45. The number of benzene rings is 1. The largest absolute Gasteiger partial charge is 0.368 e. The van der Waals surface area contributed by atoms with Crippen LogP contribution in [-0.2, 0) is 6.54 Å². The summed E-state index contributed by atoms with van der Waals surface area (Å²) < 4.78 is 1.83. The Morgan fingerprint density at radius 2 is 2.00 bits per heavy atom. The first kappa shape index (κ1) is 12.6. The highest BCUT2D eigenvalue weighted by molar-refractivity contribution is 6.33. The molecule has 7 heteroatoms. The predicted molar refractivity (Wildman–Crippen MR) is 75.7 cm³/mol. The standard InChI is InChI=1S/C13H10ClN5O/c14-11-10-12(18-13(15)17-11)19(7-16-10)5-8-1-3-9(6-20)4-2-8/h1-4,6-7H,5H2,(H2,15,17,18). The molecule has 2 N–H and O–H groups in total. The van der Waals surface area contributed by atoms with Gasteiger partial charge in [-0.25, -0.2) is 4.98 Å². The van der Waals surface area contributed by atoms with E-state index in [0.717, 1.165) is 11.8 Å². The Balaban J connectivity index is 1.99. The molecule has 3 aromatic rings. The van der Waals surface area contributed by atoms with Gasteiger partial charge in [-0.15, -0.1) is 0 Å². The highest BCUT2D eigenvalue weighted by Crippen LogP contribution is 2.20. The molecular formula is C13H10ClN5O. The number of carbonyl (C=O) groups is 1. The lowest BCUT2D eigenvalue weighted by atomic mass is 10.1. The number of fused-ring (bicyclic) bond motifs is 1. The van der Waals surface area contributed by atoms with Crippen LogP contribution in [0.3, 0.4) is 0 Å². The van der Waals surface area contributed by atoms with Gasteiger partial charge in [-0.2, -0.15) is 9.97 Å². The first-order chi connectivity index (χ1) is 9.67. The fraction of sp³-hybridized carbons (Fsp3) is 0.0769. The molecule has 2 heterocycles. The fourth-order valence-electron chi connectivity index (χ4n) is 1.94. The van der Waals surface area contributed by atoms with Crippen LogP contribution in [0.5, 0.6) is 0 Å². The van der Waals surface area contributed by atoms with E-state index < -0.39 is 0 Å². The number of hydrogen-bond acceptors (Lipinski definition) is 5. The average Bonchev–Trinajstić information content (AvgIpc) is 2.83. The SMILES string of the molecule is Nc1nc(Cl)c2ncn(Cc3ccc(C=O)cc3)c2n1. The maximum absolute atomic E-state index is 10.6. The van der Waals surface area contributed by atoms with Crippen molar-refractivity contribution in [1.29, 1.82) is 0 Å². The third kappa shape index (κ3) is 2.21.